The topological polar surface area (TPSA) is 337 Å². The number of rotatable bonds is 12. The van der Waals surface area contributed by atoms with Gasteiger partial charge in [-0.25, -0.2) is 23.4 Å². The van der Waals surface area contributed by atoms with E-state index in [9.17, 15) is 43.1 Å². The van der Waals surface area contributed by atoms with Crippen molar-refractivity contribution in [3.8, 4) is 0 Å². The maximum Gasteiger partial charge on any atom is 0.386 e. The van der Waals surface area contributed by atoms with Crippen molar-refractivity contribution in [3.63, 3.8) is 0 Å². The number of hydrogen-bond acceptors (Lipinski definition) is 20. The van der Waals surface area contributed by atoms with Crippen molar-refractivity contribution in [2.45, 2.75) is 55.4 Å². The number of hydrogen-bond donors (Lipinski definition) is 4. The van der Waals surface area contributed by atoms with Gasteiger partial charge in [0.2, 0.25) is 37.3 Å². The summed E-state index contributed by atoms with van der Waals surface area (Å²) in [6.07, 6.45) is 0. The molecule has 0 aliphatic carbocycles. The van der Waals surface area contributed by atoms with Crippen LogP contribution < -0.4 is 24.9 Å². The fourth-order valence-corrected chi connectivity index (χ4v) is 3.30. The van der Waals surface area contributed by atoms with Gasteiger partial charge in [0.1, 0.15) is 18.2 Å². The van der Waals surface area contributed by atoms with E-state index in [2.05, 4.69) is 61.0 Å². The molecule has 0 fully saturated rings. The van der Waals surface area contributed by atoms with E-state index in [4.69, 9.17) is 19.2 Å². The molecule has 0 bridgehead atoms. The van der Waals surface area contributed by atoms with Gasteiger partial charge in [-0.1, -0.05) is 49.7 Å². The molecule has 4 N–H and O–H groups in total. The number of carbonyl (C=O) groups is 3. The zero-order valence-electron chi connectivity index (χ0n) is 47.3. The third-order valence-corrected chi connectivity index (χ3v) is 9.81. The van der Waals surface area contributed by atoms with Gasteiger partial charge in [-0.2, -0.15) is 13.6 Å². The van der Waals surface area contributed by atoms with Gasteiger partial charge in [-0.3, -0.25) is 18.9 Å². The van der Waals surface area contributed by atoms with Gasteiger partial charge in [-0.15, -0.1) is 4.52 Å². The zero-order valence-corrected chi connectivity index (χ0v) is 52.7. The molecule has 0 radical (unpaired) electrons. The number of benzene rings is 1. The lowest BCUT2D eigenvalue weighted by molar-refractivity contribution is -0.887. The Kier molecular flexibility index (Phi) is 60.8. The largest absolute Gasteiger partial charge is 0.632 e. The van der Waals surface area contributed by atoms with Crippen LogP contribution in [0.1, 0.15) is 54.0 Å². The lowest BCUT2D eigenvalue weighted by Crippen LogP contribution is -2.37. The number of amides is 1. The maximum absolute atomic E-state index is 11.3. The van der Waals surface area contributed by atoms with E-state index in [-0.39, 0.29) is 30.9 Å². The van der Waals surface area contributed by atoms with Crippen LogP contribution in [0, 0.1) is 6.92 Å². The van der Waals surface area contributed by atoms with Gasteiger partial charge in [-0.05, 0) is 41.5 Å². The normalized spacial score (nSPS) is 13.3. The van der Waals surface area contributed by atoms with E-state index in [1.807, 2.05) is 74.3 Å². The van der Waals surface area contributed by atoms with Crippen LogP contribution in [0.3, 0.4) is 0 Å². The Hall–Kier alpha value is -0.800. The molecular formula is C40H96N4O20P6+2. The average Bonchev–Trinajstić information content (AvgIpc) is 3.57. The van der Waals surface area contributed by atoms with Crippen molar-refractivity contribution in [2.75, 3.05) is 152 Å². The summed E-state index contributed by atoms with van der Waals surface area (Å²) in [5.41, 5.74) is 1.91. The van der Waals surface area contributed by atoms with E-state index in [1.54, 1.807) is 20.3 Å². The van der Waals surface area contributed by atoms with Crippen LogP contribution in [0.25, 0.3) is 0 Å². The van der Waals surface area contributed by atoms with Crippen molar-refractivity contribution >= 4 is 69.9 Å². The Morgan fingerprint density at radius 3 is 1.06 bits per heavy atom. The Labute approximate surface area is 424 Å². The number of carbonyl (C=O) groups excluding carboxylic acids is 3. The number of quaternary nitrogens is 2. The van der Waals surface area contributed by atoms with Gasteiger partial charge in [0.05, 0.1) is 104 Å². The number of aliphatic imine (C=N–C) groups is 1. The van der Waals surface area contributed by atoms with Crippen LogP contribution in [0.2, 0.25) is 0 Å². The maximum atomic E-state index is 11.3. The molecule has 1 aromatic carbocycles. The smallest absolute Gasteiger partial charge is 0.386 e. The van der Waals surface area contributed by atoms with Crippen molar-refractivity contribution in [1.82, 2.24) is 5.32 Å². The first-order valence-corrected chi connectivity index (χ1v) is 33.1. The first-order chi connectivity index (χ1) is 30.9. The SMILES string of the molecule is CC.CC(C)=O.CC(C)=O.CC1=NCNC1=O.COP(C)(C)=O.CO[P+](C)([O-])O.CO[P+](C)([O-])OC.CO[P+]([O-])(OC)OC[N+](C)(C)C.CP(C)(=O)O.C[N+](C)(C)CO[P+](C)([O-])O.Cc1ccccc1. The molecule has 2 rings (SSSR count). The monoisotopic (exact) mass is 1140 g/mol. The Morgan fingerprint density at radius 1 is 0.671 bits per heavy atom. The molecule has 0 aromatic heterocycles. The first kappa shape index (κ1) is 88.8. The van der Waals surface area contributed by atoms with Crippen molar-refractivity contribution < 1.29 is 103 Å². The van der Waals surface area contributed by atoms with Gasteiger partial charge < -0.3 is 52.9 Å². The summed E-state index contributed by atoms with van der Waals surface area (Å²) in [6.45, 7) is 24.4. The van der Waals surface area contributed by atoms with Gasteiger partial charge in [0.25, 0.3) is 5.91 Å². The van der Waals surface area contributed by atoms with Crippen LogP contribution in [-0.2, 0) is 59.7 Å². The highest BCUT2D eigenvalue weighted by Crippen LogP contribution is 2.52. The molecule has 0 saturated heterocycles. The second kappa shape index (κ2) is 47.9. The molecule has 1 amide bonds. The summed E-state index contributed by atoms with van der Waals surface area (Å²) < 4.78 is 57.4. The quantitative estimate of drug-likeness (QED) is 0.129. The third-order valence-electron chi connectivity index (χ3n) is 5.00. The highest BCUT2D eigenvalue weighted by molar-refractivity contribution is 7.58. The van der Waals surface area contributed by atoms with E-state index in [0.717, 1.165) is 6.66 Å². The number of Topliss-reactive ketones (excluding diaryl/α,β-unsaturated/α-hetero) is 2. The number of nitrogens with zero attached hydrogens (tertiary/aromatic N) is 3. The van der Waals surface area contributed by atoms with Crippen LogP contribution in [0.5, 0.6) is 0 Å². The second-order valence-electron chi connectivity index (χ2n) is 16.4. The Bertz CT molecular complexity index is 1480. The molecule has 424 valence electrons. The van der Waals surface area contributed by atoms with E-state index in [1.165, 1.54) is 103 Å². The van der Waals surface area contributed by atoms with Crippen molar-refractivity contribution in [1.29, 1.82) is 0 Å². The fraction of sp³-hybridized carbons (Fsp3) is 0.750. The first-order valence-electron chi connectivity index (χ1n) is 20.5. The lowest BCUT2D eigenvalue weighted by Gasteiger charge is -2.27. The average molecular weight is 1140 g/mol. The second-order valence-corrected chi connectivity index (χ2v) is 29.9. The fourth-order valence-electron chi connectivity index (χ4n) is 1.74. The molecule has 0 saturated carbocycles. The van der Waals surface area contributed by atoms with E-state index >= 15 is 0 Å². The number of phosphoric acid groups is 1. The molecule has 2 unspecified atom stereocenters. The minimum Gasteiger partial charge on any atom is -0.632 e. The third kappa shape index (κ3) is 122. The summed E-state index contributed by atoms with van der Waals surface area (Å²) in [6, 6.07) is 10.3. The Balaban J connectivity index is -0.0000000854. The van der Waals surface area contributed by atoms with Gasteiger partial charge in [0, 0.05) is 33.8 Å². The number of ketones is 2. The molecule has 0 spiro atoms. The van der Waals surface area contributed by atoms with Crippen molar-refractivity contribution in [2.24, 2.45) is 4.99 Å². The van der Waals surface area contributed by atoms with Gasteiger partial charge in [0.15, 0.2) is 14.7 Å². The lowest BCUT2D eigenvalue weighted by atomic mass is 10.2. The summed E-state index contributed by atoms with van der Waals surface area (Å²) >= 11 is 0. The highest BCUT2D eigenvalue weighted by Gasteiger charge is 2.32. The molecule has 24 nitrogen and oxygen atoms in total. The molecule has 1 aromatic rings. The van der Waals surface area contributed by atoms with Crippen molar-refractivity contribution in [3.05, 3.63) is 35.9 Å². The Morgan fingerprint density at radius 2 is 0.957 bits per heavy atom. The van der Waals surface area contributed by atoms with E-state index in [0.29, 0.717) is 21.3 Å². The van der Waals surface area contributed by atoms with Crippen LogP contribution in [-0.4, -0.2) is 199 Å². The minimum absolute atomic E-state index is 0.0417. The molecule has 1 aliphatic rings. The summed E-state index contributed by atoms with van der Waals surface area (Å²) in [4.78, 5) is 100. The molecule has 1 heterocycles. The number of phosphoric ester groups is 1. The minimum atomic E-state index is -3.29. The van der Waals surface area contributed by atoms with Crippen LogP contribution in [0.15, 0.2) is 35.3 Å². The molecular weight excluding hydrogens is 1040 g/mol. The molecule has 70 heavy (non-hydrogen) atoms. The predicted molar refractivity (Wildman–Crippen MR) is 282 cm³/mol. The standard InChI is InChI=1S/C7H8.C6H17NO4P.C5H14NO3P.C4H6N2O.C3H9O3P.C3H9O2P.2C3H6O.C2H7O3P.C2H7O2P.C2H6/c1-7-5-3-2-4-6-7;1-7(2,3)6-11-12(8,9-4)10-5;1-6(2,3)5-9-10(4,7)8;1-3-4(7)6-2-5-3;1-5-7(3,4)6-2;1-5-6(2,3)4;2*1-3(2)4;1-5-6(2,3)4;1-5(2,3)4;1-2/h2-6H,1H3;6H2,1-5H3;5H2,1-4H3;2H2,1H3,(H,6,7);1-3H3;1-3H3;2*1-2H3;1-2H3,(H,3,4);1-2H3,(H,3,4);1-2H3/q;+1;;;;;;;;;/p+1. The molecule has 30 heteroatoms. The summed E-state index contributed by atoms with van der Waals surface area (Å²) in [7, 11) is 2.16. The van der Waals surface area contributed by atoms with Crippen LogP contribution in [0.4, 0.5) is 0 Å². The summed E-state index contributed by atoms with van der Waals surface area (Å²) in [5.74, 6) is 0.292. The number of nitrogens with one attached hydrogen (secondary N) is 1. The molecule has 1 aliphatic heterocycles. The van der Waals surface area contributed by atoms with Gasteiger partial charge >= 0.3 is 8.17 Å². The number of aryl methyl sites for hydroxylation is 1. The van der Waals surface area contributed by atoms with Crippen LogP contribution >= 0.6 is 46.7 Å². The van der Waals surface area contributed by atoms with E-state index < -0.39 is 46.7 Å². The predicted octanol–water partition coefficient (Wildman–Crippen LogP) is 4.25. The zero-order chi connectivity index (χ0) is 58.6. The summed E-state index contributed by atoms with van der Waals surface area (Å²) in [5, 5.41) is 2.53. The highest BCUT2D eigenvalue weighted by atomic mass is 31.2. The molecule has 2 atom stereocenters.